The molecule has 0 fully saturated rings. The SMILES string of the molecule is C[C@H](N)c1ccc(NC(=O)OC(C)(C)C)cc1Cl. The van der Waals surface area contributed by atoms with E-state index >= 15 is 0 Å². The van der Waals surface area contributed by atoms with Crippen molar-refractivity contribution in [3.05, 3.63) is 28.8 Å². The molecule has 0 unspecified atom stereocenters. The van der Waals surface area contributed by atoms with Gasteiger partial charge in [-0.2, -0.15) is 0 Å². The van der Waals surface area contributed by atoms with E-state index in [1.807, 2.05) is 6.92 Å². The average Bonchev–Trinajstić information content (AvgIpc) is 2.13. The third-order valence-corrected chi connectivity index (χ3v) is 2.46. The van der Waals surface area contributed by atoms with Gasteiger partial charge in [-0.15, -0.1) is 0 Å². The summed E-state index contributed by atoms with van der Waals surface area (Å²) in [6, 6.07) is 5.05. The highest BCUT2D eigenvalue weighted by molar-refractivity contribution is 6.31. The molecule has 18 heavy (non-hydrogen) atoms. The maximum Gasteiger partial charge on any atom is 0.412 e. The summed E-state index contributed by atoms with van der Waals surface area (Å²) in [5.41, 5.74) is 6.65. The number of hydrogen-bond donors (Lipinski definition) is 2. The van der Waals surface area contributed by atoms with Crippen molar-refractivity contribution in [3.8, 4) is 0 Å². The number of anilines is 1. The van der Waals surface area contributed by atoms with Crippen LogP contribution in [0, 0.1) is 0 Å². The van der Waals surface area contributed by atoms with E-state index in [9.17, 15) is 4.79 Å². The lowest BCUT2D eigenvalue weighted by molar-refractivity contribution is 0.0636. The molecule has 100 valence electrons. The Balaban J connectivity index is 2.75. The minimum atomic E-state index is -0.528. The first-order chi connectivity index (χ1) is 8.19. The number of benzene rings is 1. The van der Waals surface area contributed by atoms with Crippen LogP contribution in [0.15, 0.2) is 18.2 Å². The van der Waals surface area contributed by atoms with Gasteiger partial charge in [0.1, 0.15) is 5.60 Å². The van der Waals surface area contributed by atoms with E-state index in [1.165, 1.54) is 0 Å². The first-order valence-electron chi connectivity index (χ1n) is 5.74. The molecule has 0 aliphatic rings. The Hall–Kier alpha value is -1.26. The number of hydrogen-bond acceptors (Lipinski definition) is 3. The van der Waals surface area contributed by atoms with Gasteiger partial charge in [0, 0.05) is 16.8 Å². The Morgan fingerprint density at radius 2 is 2.06 bits per heavy atom. The molecule has 0 aliphatic carbocycles. The van der Waals surface area contributed by atoms with Crippen LogP contribution in [-0.2, 0) is 4.74 Å². The molecule has 1 rings (SSSR count). The maximum atomic E-state index is 11.6. The summed E-state index contributed by atoms with van der Waals surface area (Å²) in [6.07, 6.45) is -0.507. The van der Waals surface area contributed by atoms with E-state index in [4.69, 9.17) is 22.1 Å². The molecule has 0 aromatic heterocycles. The molecule has 0 bridgehead atoms. The number of amides is 1. The van der Waals surface area contributed by atoms with Gasteiger partial charge in [-0.1, -0.05) is 17.7 Å². The molecule has 1 aromatic rings. The molecule has 0 heterocycles. The number of ether oxygens (including phenoxy) is 1. The van der Waals surface area contributed by atoms with E-state index in [2.05, 4.69) is 5.32 Å². The van der Waals surface area contributed by atoms with Crippen molar-refractivity contribution < 1.29 is 9.53 Å². The zero-order chi connectivity index (χ0) is 13.9. The molecule has 0 spiro atoms. The standard InChI is InChI=1S/C13H19ClN2O2/c1-8(15)10-6-5-9(7-11(10)14)16-12(17)18-13(2,3)4/h5-8H,15H2,1-4H3,(H,16,17)/t8-/m0/s1. The normalized spacial score (nSPS) is 13.0. The number of rotatable bonds is 2. The molecule has 1 aromatic carbocycles. The van der Waals surface area contributed by atoms with Gasteiger partial charge in [-0.05, 0) is 45.4 Å². The maximum absolute atomic E-state index is 11.6. The lowest BCUT2D eigenvalue weighted by atomic mass is 10.1. The second-order valence-corrected chi connectivity index (χ2v) is 5.56. The van der Waals surface area contributed by atoms with Crippen molar-refractivity contribution in [2.75, 3.05) is 5.32 Å². The molecule has 0 aliphatic heterocycles. The highest BCUT2D eigenvalue weighted by atomic mass is 35.5. The molecule has 4 nitrogen and oxygen atoms in total. The zero-order valence-corrected chi connectivity index (χ0v) is 11.8. The summed E-state index contributed by atoms with van der Waals surface area (Å²) in [5, 5.41) is 3.15. The van der Waals surface area contributed by atoms with Crippen molar-refractivity contribution in [3.63, 3.8) is 0 Å². The van der Waals surface area contributed by atoms with Gasteiger partial charge < -0.3 is 10.5 Å². The average molecular weight is 271 g/mol. The van der Waals surface area contributed by atoms with E-state index in [0.29, 0.717) is 10.7 Å². The van der Waals surface area contributed by atoms with Gasteiger partial charge in [0.25, 0.3) is 0 Å². The first-order valence-corrected chi connectivity index (χ1v) is 6.12. The van der Waals surface area contributed by atoms with Crippen LogP contribution in [0.2, 0.25) is 5.02 Å². The van der Waals surface area contributed by atoms with Gasteiger partial charge in [0.05, 0.1) is 0 Å². The van der Waals surface area contributed by atoms with Crippen LogP contribution in [-0.4, -0.2) is 11.7 Å². The summed E-state index contributed by atoms with van der Waals surface area (Å²) in [7, 11) is 0. The number of nitrogens with two attached hydrogens (primary N) is 1. The predicted octanol–water partition coefficient (Wildman–Crippen LogP) is 3.71. The molecule has 0 saturated heterocycles. The van der Waals surface area contributed by atoms with Gasteiger partial charge >= 0.3 is 6.09 Å². The minimum Gasteiger partial charge on any atom is -0.444 e. The summed E-state index contributed by atoms with van der Waals surface area (Å²) >= 11 is 6.07. The molecule has 3 N–H and O–H groups in total. The van der Waals surface area contributed by atoms with Crippen LogP contribution in [0.5, 0.6) is 0 Å². The van der Waals surface area contributed by atoms with Crippen LogP contribution in [0.25, 0.3) is 0 Å². The van der Waals surface area contributed by atoms with Crippen LogP contribution in [0.1, 0.15) is 39.3 Å². The van der Waals surface area contributed by atoms with Crippen molar-refractivity contribution in [1.29, 1.82) is 0 Å². The van der Waals surface area contributed by atoms with Crippen LogP contribution in [0.3, 0.4) is 0 Å². The van der Waals surface area contributed by atoms with Crippen molar-refractivity contribution in [1.82, 2.24) is 0 Å². The molecule has 0 radical (unpaired) electrons. The Labute approximate surface area is 112 Å². The van der Waals surface area contributed by atoms with E-state index in [-0.39, 0.29) is 6.04 Å². The minimum absolute atomic E-state index is 0.145. The van der Waals surface area contributed by atoms with Crippen LogP contribution < -0.4 is 11.1 Å². The van der Waals surface area contributed by atoms with Crippen molar-refractivity contribution >= 4 is 23.4 Å². The Kier molecular flexibility index (Phi) is 4.59. The largest absolute Gasteiger partial charge is 0.444 e. The Morgan fingerprint density at radius 3 is 2.50 bits per heavy atom. The predicted molar refractivity (Wildman–Crippen MR) is 73.9 cm³/mol. The second kappa shape index (κ2) is 5.59. The van der Waals surface area contributed by atoms with Crippen LogP contribution >= 0.6 is 11.6 Å². The summed E-state index contributed by atoms with van der Waals surface area (Å²) in [5.74, 6) is 0. The lowest BCUT2D eigenvalue weighted by Gasteiger charge is -2.20. The smallest absolute Gasteiger partial charge is 0.412 e. The fourth-order valence-corrected chi connectivity index (χ4v) is 1.75. The van der Waals surface area contributed by atoms with E-state index in [1.54, 1.807) is 39.0 Å². The molecular formula is C13H19ClN2O2. The highest BCUT2D eigenvalue weighted by Crippen LogP contribution is 2.25. The summed E-state index contributed by atoms with van der Waals surface area (Å²) in [4.78, 5) is 11.6. The fourth-order valence-electron chi connectivity index (χ4n) is 1.40. The van der Waals surface area contributed by atoms with Gasteiger partial charge in [-0.25, -0.2) is 4.79 Å². The van der Waals surface area contributed by atoms with E-state index in [0.717, 1.165) is 5.56 Å². The Bertz CT molecular complexity index is 439. The molecule has 5 heteroatoms. The van der Waals surface area contributed by atoms with Crippen molar-refractivity contribution in [2.45, 2.75) is 39.3 Å². The number of carbonyl (C=O) groups is 1. The molecule has 1 atom stereocenters. The van der Waals surface area contributed by atoms with Gasteiger partial charge in [0.15, 0.2) is 0 Å². The molecule has 0 saturated carbocycles. The number of carbonyl (C=O) groups excluding carboxylic acids is 1. The zero-order valence-electron chi connectivity index (χ0n) is 11.1. The molecule has 1 amide bonds. The second-order valence-electron chi connectivity index (χ2n) is 5.15. The third kappa shape index (κ3) is 4.55. The van der Waals surface area contributed by atoms with Crippen molar-refractivity contribution in [2.24, 2.45) is 5.73 Å². The molecular weight excluding hydrogens is 252 g/mol. The van der Waals surface area contributed by atoms with Crippen LogP contribution in [0.4, 0.5) is 10.5 Å². The number of nitrogens with one attached hydrogen (secondary N) is 1. The number of halogens is 1. The monoisotopic (exact) mass is 270 g/mol. The van der Waals surface area contributed by atoms with Gasteiger partial charge in [0.2, 0.25) is 0 Å². The quantitative estimate of drug-likeness (QED) is 0.861. The topological polar surface area (TPSA) is 64.3 Å². The lowest BCUT2D eigenvalue weighted by Crippen LogP contribution is -2.27. The fraction of sp³-hybridized carbons (Fsp3) is 0.462. The third-order valence-electron chi connectivity index (χ3n) is 2.14. The summed E-state index contributed by atoms with van der Waals surface area (Å²) < 4.78 is 5.14. The Morgan fingerprint density at radius 1 is 1.44 bits per heavy atom. The summed E-state index contributed by atoms with van der Waals surface area (Å²) in [6.45, 7) is 7.26. The first kappa shape index (κ1) is 14.8. The highest BCUT2D eigenvalue weighted by Gasteiger charge is 2.16. The van der Waals surface area contributed by atoms with E-state index < -0.39 is 11.7 Å². The van der Waals surface area contributed by atoms with Gasteiger partial charge in [-0.3, -0.25) is 5.32 Å².